The predicted octanol–water partition coefficient (Wildman–Crippen LogP) is 6.80. The van der Waals surface area contributed by atoms with Crippen molar-refractivity contribution in [2.45, 2.75) is 77.3 Å². The molecule has 156 valence electrons. The third-order valence-corrected chi connectivity index (χ3v) is 8.29. The summed E-state index contributed by atoms with van der Waals surface area (Å²) in [7, 11) is 2.25. The van der Waals surface area contributed by atoms with E-state index in [1.165, 1.54) is 69.3 Å². The second-order valence-corrected chi connectivity index (χ2v) is 9.74. The van der Waals surface area contributed by atoms with Crippen molar-refractivity contribution < 1.29 is 0 Å². The van der Waals surface area contributed by atoms with Crippen LogP contribution in [0.5, 0.6) is 0 Å². The summed E-state index contributed by atoms with van der Waals surface area (Å²) in [6.07, 6.45) is 10.0. The molecule has 0 bridgehead atoms. The van der Waals surface area contributed by atoms with Gasteiger partial charge in [-0.2, -0.15) is 0 Å². The quantitative estimate of drug-likeness (QED) is 0.476. The van der Waals surface area contributed by atoms with E-state index in [0.717, 1.165) is 6.42 Å². The van der Waals surface area contributed by atoms with Crippen LogP contribution in [0.15, 0.2) is 30.5 Å². The number of rotatable bonds is 7. The Kier molecular flexibility index (Phi) is 7.39. The fraction of sp³-hybridized carbons (Fsp3) is 0.667. The number of allylic oxidation sites excluding steroid dienone is 1. The number of likely N-dealkylation sites (N-methyl/N-ethyl adjacent to an activating group) is 1. The zero-order chi connectivity index (χ0) is 20.3. The molecule has 1 aliphatic carbocycles. The zero-order valence-electron chi connectivity index (χ0n) is 17.8. The van der Waals surface area contributed by atoms with Crippen molar-refractivity contribution in [3.8, 4) is 0 Å². The third-order valence-electron chi connectivity index (χ3n) is 7.55. The number of halogens is 2. The summed E-state index contributed by atoms with van der Waals surface area (Å²) in [5, 5.41) is 1.24. The van der Waals surface area contributed by atoms with Gasteiger partial charge in [-0.05, 0) is 68.3 Å². The summed E-state index contributed by atoms with van der Waals surface area (Å²) in [5.41, 5.74) is 2.87. The van der Waals surface area contributed by atoms with Gasteiger partial charge >= 0.3 is 0 Å². The van der Waals surface area contributed by atoms with E-state index in [1.807, 2.05) is 12.1 Å². The first-order chi connectivity index (χ1) is 13.4. The summed E-state index contributed by atoms with van der Waals surface area (Å²) in [4.78, 5) is 5.24. The number of hydrogen-bond acceptors (Lipinski definition) is 2. The Hall–Kier alpha value is -0.700. The molecule has 1 saturated carbocycles. The molecular weight excluding hydrogens is 387 g/mol. The molecule has 0 N–H and O–H groups in total. The van der Waals surface area contributed by atoms with Crippen LogP contribution in [-0.4, -0.2) is 42.0 Å². The SMILES string of the molecule is C=C(Cc1ccc(Cl)c(Cl)c1)N(C)[C@@H]1CCC(CC)(CC)C[C@H]1N1CCCC1. The van der Waals surface area contributed by atoms with Gasteiger partial charge < -0.3 is 4.90 Å². The Morgan fingerprint density at radius 1 is 1.18 bits per heavy atom. The summed E-state index contributed by atoms with van der Waals surface area (Å²) >= 11 is 12.3. The highest BCUT2D eigenvalue weighted by atomic mass is 35.5. The van der Waals surface area contributed by atoms with E-state index in [1.54, 1.807) is 0 Å². The molecule has 0 unspecified atom stereocenters. The fourth-order valence-electron chi connectivity index (χ4n) is 5.36. The Morgan fingerprint density at radius 3 is 2.46 bits per heavy atom. The van der Waals surface area contributed by atoms with Gasteiger partial charge in [0.05, 0.1) is 10.0 Å². The van der Waals surface area contributed by atoms with Gasteiger partial charge in [-0.25, -0.2) is 0 Å². The normalized spacial score (nSPS) is 25.0. The predicted molar refractivity (Wildman–Crippen MR) is 122 cm³/mol. The van der Waals surface area contributed by atoms with Crippen LogP contribution in [0.2, 0.25) is 10.0 Å². The van der Waals surface area contributed by atoms with Crippen LogP contribution in [0, 0.1) is 5.41 Å². The molecule has 0 amide bonds. The summed E-state index contributed by atoms with van der Waals surface area (Å²) in [6.45, 7) is 11.7. The lowest BCUT2D eigenvalue weighted by Crippen LogP contribution is -2.55. The van der Waals surface area contributed by atoms with Gasteiger partial charge in [-0.1, -0.05) is 62.5 Å². The lowest BCUT2D eigenvalue weighted by Gasteiger charge is -2.51. The van der Waals surface area contributed by atoms with Crippen molar-refractivity contribution in [1.82, 2.24) is 9.80 Å². The smallest absolute Gasteiger partial charge is 0.0595 e. The standard InChI is InChI=1S/C24H36Cl2N2/c1-5-24(6-2)12-11-22(23(17-24)28-13-7-8-14-28)27(4)18(3)15-19-9-10-20(25)21(26)16-19/h9-10,16,22-23H,3,5-8,11-15,17H2,1-2,4H3/t22-,23-/m1/s1. The van der Waals surface area contributed by atoms with Gasteiger partial charge in [0, 0.05) is 31.2 Å². The average molecular weight is 423 g/mol. The summed E-state index contributed by atoms with van der Waals surface area (Å²) in [5.74, 6) is 0. The zero-order valence-corrected chi connectivity index (χ0v) is 19.3. The molecule has 2 nitrogen and oxygen atoms in total. The average Bonchev–Trinajstić information content (AvgIpc) is 3.24. The molecule has 1 aliphatic heterocycles. The van der Waals surface area contributed by atoms with Gasteiger partial charge in [0.25, 0.3) is 0 Å². The molecule has 3 rings (SSSR count). The molecule has 2 fully saturated rings. The van der Waals surface area contributed by atoms with Crippen LogP contribution in [-0.2, 0) is 6.42 Å². The topological polar surface area (TPSA) is 6.48 Å². The Balaban J connectivity index is 1.74. The highest BCUT2D eigenvalue weighted by Crippen LogP contribution is 2.45. The second kappa shape index (κ2) is 9.41. The molecule has 1 aromatic rings. The van der Waals surface area contributed by atoms with Gasteiger partial charge in [-0.15, -0.1) is 0 Å². The van der Waals surface area contributed by atoms with Crippen molar-refractivity contribution >= 4 is 23.2 Å². The maximum Gasteiger partial charge on any atom is 0.0595 e. The summed E-state index contributed by atoms with van der Waals surface area (Å²) < 4.78 is 0. The largest absolute Gasteiger partial charge is 0.374 e. The van der Waals surface area contributed by atoms with E-state index in [2.05, 4.69) is 43.3 Å². The van der Waals surface area contributed by atoms with E-state index in [9.17, 15) is 0 Å². The van der Waals surface area contributed by atoms with E-state index >= 15 is 0 Å². The van der Waals surface area contributed by atoms with Crippen molar-refractivity contribution in [1.29, 1.82) is 0 Å². The number of likely N-dealkylation sites (tertiary alicyclic amines) is 1. The Bertz CT molecular complexity index is 677. The van der Waals surface area contributed by atoms with Crippen molar-refractivity contribution in [3.63, 3.8) is 0 Å². The maximum absolute atomic E-state index is 6.22. The molecule has 0 spiro atoms. The van der Waals surface area contributed by atoms with Crippen molar-refractivity contribution in [3.05, 3.63) is 46.1 Å². The minimum Gasteiger partial charge on any atom is -0.374 e. The van der Waals surface area contributed by atoms with E-state index < -0.39 is 0 Å². The first-order valence-corrected chi connectivity index (χ1v) is 11.7. The molecule has 0 radical (unpaired) electrons. The molecule has 2 aliphatic rings. The van der Waals surface area contributed by atoms with Crippen molar-refractivity contribution in [2.75, 3.05) is 20.1 Å². The van der Waals surface area contributed by atoms with Gasteiger partial charge in [0.2, 0.25) is 0 Å². The van der Waals surface area contributed by atoms with Gasteiger partial charge in [0.15, 0.2) is 0 Å². The highest BCUT2D eigenvalue weighted by Gasteiger charge is 2.43. The molecule has 2 atom stereocenters. The van der Waals surface area contributed by atoms with Crippen LogP contribution in [0.25, 0.3) is 0 Å². The lowest BCUT2D eigenvalue weighted by molar-refractivity contribution is 0.0211. The molecule has 28 heavy (non-hydrogen) atoms. The Labute approximate surface area is 181 Å². The molecule has 0 aromatic heterocycles. The second-order valence-electron chi connectivity index (χ2n) is 8.93. The summed E-state index contributed by atoms with van der Waals surface area (Å²) in [6, 6.07) is 7.12. The lowest BCUT2D eigenvalue weighted by atomic mass is 9.66. The monoisotopic (exact) mass is 422 g/mol. The highest BCUT2D eigenvalue weighted by molar-refractivity contribution is 6.42. The van der Waals surface area contributed by atoms with E-state index in [-0.39, 0.29) is 0 Å². The van der Waals surface area contributed by atoms with Crippen molar-refractivity contribution in [2.24, 2.45) is 5.41 Å². The van der Waals surface area contributed by atoms with E-state index in [0.29, 0.717) is 27.5 Å². The number of benzene rings is 1. The first kappa shape index (κ1) is 22.0. The van der Waals surface area contributed by atoms with Crippen LogP contribution in [0.3, 0.4) is 0 Å². The van der Waals surface area contributed by atoms with Crippen LogP contribution in [0.4, 0.5) is 0 Å². The van der Waals surface area contributed by atoms with Crippen LogP contribution < -0.4 is 0 Å². The minimum atomic E-state index is 0.523. The molecule has 1 heterocycles. The molecule has 4 heteroatoms. The Morgan fingerprint density at radius 2 is 1.86 bits per heavy atom. The molecule has 1 aromatic carbocycles. The van der Waals surface area contributed by atoms with E-state index in [4.69, 9.17) is 23.2 Å². The maximum atomic E-state index is 6.22. The first-order valence-electron chi connectivity index (χ1n) is 11.0. The third kappa shape index (κ3) is 4.71. The van der Waals surface area contributed by atoms with Crippen LogP contribution in [0.1, 0.15) is 64.4 Å². The molecule has 1 saturated heterocycles. The molecular formula is C24H36Cl2N2. The minimum absolute atomic E-state index is 0.523. The van der Waals surface area contributed by atoms with Gasteiger partial charge in [-0.3, -0.25) is 4.90 Å². The number of hydrogen-bond donors (Lipinski definition) is 0. The van der Waals surface area contributed by atoms with Gasteiger partial charge in [0.1, 0.15) is 0 Å². The van der Waals surface area contributed by atoms with Crippen LogP contribution >= 0.6 is 23.2 Å². The fourth-order valence-corrected chi connectivity index (χ4v) is 5.68. The number of nitrogens with zero attached hydrogens (tertiary/aromatic N) is 2.